The largest absolute Gasteiger partial charge is 0.464 e. The molecule has 3 amide bonds. The van der Waals surface area contributed by atoms with Crippen LogP contribution in [-0.2, 0) is 55.8 Å². The number of anilines is 2. The summed E-state index contributed by atoms with van der Waals surface area (Å²) in [5.41, 5.74) is 5.74. The van der Waals surface area contributed by atoms with Crippen LogP contribution in [-0.4, -0.2) is 219 Å². The van der Waals surface area contributed by atoms with E-state index < -0.39 is 65.9 Å². The maximum Gasteiger partial charge on any atom is 0.406 e. The molecule has 1 aromatic carbocycles. The lowest BCUT2D eigenvalue weighted by Crippen LogP contribution is -2.73. The zero-order valence-electron chi connectivity index (χ0n) is 48.3. The first kappa shape index (κ1) is 57.3. The number of ether oxygens (including phenoxy) is 5. The van der Waals surface area contributed by atoms with Crippen molar-refractivity contribution in [1.82, 2.24) is 45.3 Å². The van der Waals surface area contributed by atoms with Crippen LogP contribution in [0.1, 0.15) is 84.1 Å². The van der Waals surface area contributed by atoms with Crippen LogP contribution in [0.25, 0.3) is 22.2 Å². The minimum Gasteiger partial charge on any atom is -0.464 e. The van der Waals surface area contributed by atoms with Crippen molar-refractivity contribution in [3.63, 3.8) is 0 Å². The van der Waals surface area contributed by atoms with Crippen molar-refractivity contribution in [2.45, 2.75) is 140 Å². The number of likely N-dealkylation sites (tertiary alicyclic amines) is 1. The molecule has 8 aliphatic heterocycles. The third kappa shape index (κ3) is 11.8. The second-order valence-corrected chi connectivity index (χ2v) is 25.8. The first-order chi connectivity index (χ1) is 39.2. The van der Waals surface area contributed by atoms with E-state index >= 15 is 18.0 Å². The van der Waals surface area contributed by atoms with E-state index in [0.717, 1.165) is 37.3 Å². The molecule has 10 heterocycles. The number of hydrogen-bond donors (Lipinski definition) is 3. The number of hydrogen-bond acceptors (Lipinski definition) is 16. The van der Waals surface area contributed by atoms with Gasteiger partial charge in [-0.25, -0.2) is 5.43 Å². The fourth-order valence-corrected chi connectivity index (χ4v) is 14.2. The highest BCUT2D eigenvalue weighted by Gasteiger charge is 2.57. The Bertz CT molecular complexity index is 2900. The average molecular weight is 1150 g/mol. The highest BCUT2D eigenvalue weighted by Crippen LogP contribution is 2.45. The average Bonchev–Trinajstić information content (AvgIpc) is 2.97. The highest BCUT2D eigenvalue weighted by molar-refractivity contribution is 5.95. The van der Waals surface area contributed by atoms with Gasteiger partial charge in [0.05, 0.1) is 93.7 Å². The van der Waals surface area contributed by atoms with Gasteiger partial charge in [-0.3, -0.25) is 44.3 Å². The number of benzene rings is 1. The molecule has 20 nitrogen and oxygen atoms in total. The summed E-state index contributed by atoms with van der Waals surface area (Å²) in [7, 11) is 1.57. The summed E-state index contributed by atoms with van der Waals surface area (Å²) in [6.45, 7) is 16.3. The van der Waals surface area contributed by atoms with E-state index in [-0.39, 0.29) is 68.5 Å². The molecule has 9 aliphatic rings. The number of methoxy groups -OCH3 is 1. The molecule has 3 N–H and O–H groups in total. The lowest BCUT2D eigenvalue weighted by Gasteiger charge is -2.55. The lowest BCUT2D eigenvalue weighted by molar-refractivity contribution is -0.197. The molecular weight excluding hydrogens is 1060 g/mol. The number of rotatable bonds is 11. The predicted molar refractivity (Wildman–Crippen MR) is 299 cm³/mol. The molecule has 1 aliphatic carbocycles. The van der Waals surface area contributed by atoms with Crippen molar-refractivity contribution in [2.24, 2.45) is 17.3 Å². The first-order valence-corrected chi connectivity index (χ1v) is 29.9. The summed E-state index contributed by atoms with van der Waals surface area (Å²) in [6, 6.07) is 5.28. The van der Waals surface area contributed by atoms with Gasteiger partial charge in [-0.15, -0.1) is 0 Å². The standard InChI is InChI=1S/C59H82F3N11O9/c1-35(2)51(70-18-21-82-58(30-70)31-71(32-58)55(76)50-49(65-50)37-9-10-37)53(74)64-46-24-41-28-69(17-20-80-41)38-11-12-47-42(22-38)44(25-57(4,5)34-81-56(77)45-8-7-13-73(66-45)54(46)75)52(72(47)33-59(60,61)62)43-23-39(26-63-48(43)36(3)78-6)68-15-14-67-16-19-79-29-40(67)27-68/h11-12,22-23,26,35-37,40-41,45-46,49-51,65-66H,7-10,13-21,24-25,27-34H2,1-6H3,(H,64,74)/t36-,40-,41-,45-,46-,49?,50+,51?/m0/s1. The Hall–Kier alpha value is -5.14. The van der Waals surface area contributed by atoms with Crippen LogP contribution in [0, 0.1) is 17.3 Å². The lowest BCUT2D eigenvalue weighted by atomic mass is 9.84. The molecule has 1 spiro atoms. The monoisotopic (exact) mass is 1150 g/mol. The number of fused-ring (bicyclic) bond motifs is 7. The fraction of sp³-hybridized carbons (Fsp3) is 0.712. The fourth-order valence-electron chi connectivity index (χ4n) is 14.2. The van der Waals surface area contributed by atoms with Crippen molar-refractivity contribution >= 4 is 46.0 Å². The van der Waals surface area contributed by atoms with Gasteiger partial charge in [0, 0.05) is 106 Å². The number of hydrazine groups is 1. The molecule has 8 fully saturated rings. The van der Waals surface area contributed by atoms with E-state index in [4.69, 9.17) is 28.7 Å². The number of nitrogens with zero attached hydrogens (tertiary/aromatic N) is 8. The Balaban J connectivity index is 0.872. The minimum absolute atomic E-state index is 0.0768. The topological polar surface area (TPSA) is 198 Å². The number of carbonyl (C=O) groups excluding carboxylic acids is 4. The van der Waals surface area contributed by atoms with Gasteiger partial charge in [-0.05, 0) is 80.7 Å². The third-order valence-corrected chi connectivity index (χ3v) is 18.7. The van der Waals surface area contributed by atoms with Gasteiger partial charge >= 0.3 is 12.1 Å². The van der Waals surface area contributed by atoms with Gasteiger partial charge < -0.3 is 48.3 Å². The summed E-state index contributed by atoms with van der Waals surface area (Å²) in [4.78, 5) is 73.4. The van der Waals surface area contributed by atoms with E-state index in [1.54, 1.807) is 19.4 Å². The summed E-state index contributed by atoms with van der Waals surface area (Å²) >= 11 is 0. The number of alkyl halides is 3. The van der Waals surface area contributed by atoms with E-state index in [1.165, 1.54) is 9.58 Å². The summed E-state index contributed by atoms with van der Waals surface area (Å²) in [5.74, 6) is -0.746. The normalized spacial score (nSPS) is 29.0. The minimum atomic E-state index is -4.61. The number of amides is 3. The molecule has 2 unspecified atom stereocenters. The van der Waals surface area contributed by atoms with E-state index in [0.29, 0.717) is 124 Å². The van der Waals surface area contributed by atoms with E-state index in [1.807, 2.05) is 57.7 Å². The van der Waals surface area contributed by atoms with Crippen LogP contribution < -0.4 is 25.9 Å². The number of halogens is 3. The van der Waals surface area contributed by atoms with Crippen molar-refractivity contribution in [2.75, 3.05) is 122 Å². The van der Waals surface area contributed by atoms with Crippen molar-refractivity contribution in [1.29, 1.82) is 0 Å². The Kier molecular flexibility index (Phi) is 15.9. The Morgan fingerprint density at radius 3 is 2.51 bits per heavy atom. The SMILES string of the molecule is CO[C@@H](C)c1ncc(N2CCN3CCOC[C@@H]3C2)cc1-c1c2c3cc(ccc3n1CC(F)(F)F)N1CCO[C@@H](C[C@H](NC(=O)C(C(C)C)N3CCOC4(CN(C(=O)[C@@H]5NC5C5CC5)C4)C3)C(=O)N3CCC[C@H](N3)C(=O)OCC(C)(C)C2)C1. The van der Waals surface area contributed by atoms with Crippen molar-refractivity contribution in [3.05, 3.63) is 41.7 Å². The van der Waals surface area contributed by atoms with E-state index in [2.05, 4.69) is 35.7 Å². The van der Waals surface area contributed by atoms with Crippen LogP contribution in [0.3, 0.4) is 0 Å². The number of piperazine rings is 1. The number of esters is 1. The van der Waals surface area contributed by atoms with Crippen LogP contribution in [0.15, 0.2) is 30.5 Å². The molecular formula is C59H82F3N11O9. The van der Waals surface area contributed by atoms with Gasteiger partial charge in [0.1, 0.15) is 30.3 Å². The molecule has 448 valence electrons. The van der Waals surface area contributed by atoms with Gasteiger partial charge in [-0.2, -0.15) is 13.2 Å². The molecule has 23 heteroatoms. The maximum absolute atomic E-state index is 15.3. The second-order valence-electron chi connectivity index (χ2n) is 25.8. The van der Waals surface area contributed by atoms with Crippen LogP contribution in [0.2, 0.25) is 0 Å². The molecule has 8 atom stereocenters. The Morgan fingerprint density at radius 1 is 0.939 bits per heavy atom. The van der Waals surface area contributed by atoms with Crippen molar-refractivity contribution < 1.29 is 56.0 Å². The molecule has 0 radical (unpaired) electrons. The van der Waals surface area contributed by atoms with E-state index in [9.17, 15) is 14.4 Å². The zero-order chi connectivity index (χ0) is 57.4. The number of nitrogens with one attached hydrogen (secondary N) is 3. The number of carbonyl (C=O) groups is 4. The van der Waals surface area contributed by atoms with Gasteiger partial charge in [-0.1, -0.05) is 27.7 Å². The van der Waals surface area contributed by atoms with Gasteiger partial charge in [0.25, 0.3) is 5.91 Å². The molecule has 3 aromatic rings. The molecule has 7 saturated heterocycles. The Morgan fingerprint density at radius 2 is 1.74 bits per heavy atom. The molecule has 82 heavy (non-hydrogen) atoms. The van der Waals surface area contributed by atoms with Gasteiger partial charge in [0.2, 0.25) is 11.8 Å². The third-order valence-electron chi connectivity index (χ3n) is 18.7. The summed E-state index contributed by atoms with van der Waals surface area (Å²) in [6.07, 6.45) is -0.443. The molecule has 1 saturated carbocycles. The zero-order valence-corrected chi connectivity index (χ0v) is 48.3. The van der Waals surface area contributed by atoms with Crippen LogP contribution in [0.4, 0.5) is 24.5 Å². The maximum atomic E-state index is 15.3. The van der Waals surface area contributed by atoms with Crippen LogP contribution >= 0.6 is 0 Å². The number of cyclic esters (lactones) is 1. The predicted octanol–water partition coefficient (Wildman–Crippen LogP) is 3.88. The second kappa shape index (κ2) is 22.7. The number of morpholine rings is 3. The number of aromatic nitrogens is 2. The molecule has 12 rings (SSSR count). The first-order valence-electron chi connectivity index (χ1n) is 29.9. The molecule has 2 aromatic heterocycles. The summed E-state index contributed by atoms with van der Waals surface area (Å²) in [5, 5.41) is 8.61. The van der Waals surface area contributed by atoms with Gasteiger partial charge in [0.15, 0.2) is 0 Å². The quantitative estimate of drug-likeness (QED) is 0.185. The highest BCUT2D eigenvalue weighted by atomic mass is 19.4. The number of pyridine rings is 1. The molecule has 6 bridgehead atoms. The van der Waals surface area contributed by atoms with Crippen molar-refractivity contribution in [3.8, 4) is 11.3 Å². The van der Waals surface area contributed by atoms with Crippen LogP contribution in [0.5, 0.6) is 0 Å². The summed E-state index contributed by atoms with van der Waals surface area (Å²) < 4.78 is 77.9. The Labute approximate surface area is 477 Å². The smallest absolute Gasteiger partial charge is 0.406 e.